The molecule has 1 fully saturated rings. The van der Waals surface area contributed by atoms with E-state index in [0.717, 1.165) is 16.3 Å². The highest BCUT2D eigenvalue weighted by atomic mass is 19.1. The Morgan fingerprint density at radius 3 is 2.60 bits per heavy atom. The van der Waals surface area contributed by atoms with E-state index in [1.54, 1.807) is 22.1 Å². The lowest BCUT2D eigenvalue weighted by Gasteiger charge is -2.39. The largest absolute Gasteiger partial charge is 0.444 e. The molecule has 0 bridgehead atoms. The van der Waals surface area contributed by atoms with Crippen molar-refractivity contribution in [2.24, 2.45) is 0 Å². The minimum atomic E-state index is -0.720. The van der Waals surface area contributed by atoms with Crippen molar-refractivity contribution in [2.45, 2.75) is 52.2 Å². The summed E-state index contributed by atoms with van der Waals surface area (Å²) in [7, 11) is 0. The number of hydrogen-bond donors (Lipinski definition) is 2. The lowest BCUT2D eigenvalue weighted by molar-refractivity contribution is 0.0196. The van der Waals surface area contributed by atoms with Gasteiger partial charge in [0.15, 0.2) is 0 Å². The smallest absolute Gasteiger partial charge is 0.410 e. The summed E-state index contributed by atoms with van der Waals surface area (Å²) in [5.74, 6) is -0.614. The average Bonchev–Trinajstić information content (AvgIpc) is 2.94. The number of likely N-dealkylation sites (tertiary alicyclic amines) is 1. The van der Waals surface area contributed by atoms with Gasteiger partial charge in [-0.15, -0.1) is 0 Å². The van der Waals surface area contributed by atoms with E-state index in [0.29, 0.717) is 36.6 Å². The van der Waals surface area contributed by atoms with Crippen LogP contribution in [0, 0.1) is 12.7 Å². The number of nitrogens with one attached hydrogen (secondary N) is 1. The van der Waals surface area contributed by atoms with Gasteiger partial charge < -0.3 is 20.7 Å². The fourth-order valence-electron chi connectivity index (χ4n) is 5.09. The van der Waals surface area contributed by atoms with Crippen molar-refractivity contribution >= 4 is 45.9 Å². The Labute approximate surface area is 243 Å². The molecule has 3 heterocycles. The predicted molar refractivity (Wildman–Crippen MR) is 160 cm³/mol. The molecule has 0 aliphatic carbocycles. The summed E-state index contributed by atoms with van der Waals surface area (Å²) in [5.41, 5.74) is 6.55. The number of nitrogens with zero attached hydrogens (tertiary/aromatic N) is 5. The van der Waals surface area contributed by atoms with Crippen LogP contribution in [0.1, 0.15) is 49.5 Å². The van der Waals surface area contributed by atoms with Crippen molar-refractivity contribution in [1.29, 1.82) is 0 Å². The molecule has 1 atom stereocenters. The number of piperidine rings is 1. The van der Waals surface area contributed by atoms with Gasteiger partial charge in [0.05, 0.1) is 29.7 Å². The summed E-state index contributed by atoms with van der Waals surface area (Å²) in [6.07, 6.45) is 5.31. The summed E-state index contributed by atoms with van der Waals surface area (Å²) in [6, 6.07) is 11.5. The first-order chi connectivity index (χ1) is 20.0. The van der Waals surface area contributed by atoms with Gasteiger partial charge in [-0.2, -0.15) is 0 Å². The number of nitrogens with two attached hydrogens (primary N) is 1. The maximum absolute atomic E-state index is 15.6. The van der Waals surface area contributed by atoms with Crippen LogP contribution in [0.3, 0.4) is 0 Å². The molecule has 2 aromatic heterocycles. The highest BCUT2D eigenvalue weighted by molar-refractivity contribution is 6.11. The van der Waals surface area contributed by atoms with E-state index in [1.165, 1.54) is 24.5 Å². The average molecular weight is 572 g/mol. The first kappa shape index (κ1) is 28.7. The Hall–Kier alpha value is -4.80. The molecule has 10 nitrogen and oxygen atoms in total. The number of carbonyl (C=O) groups is 2. The third-order valence-corrected chi connectivity index (χ3v) is 6.97. The molecule has 218 valence electrons. The van der Waals surface area contributed by atoms with Gasteiger partial charge in [0, 0.05) is 30.4 Å². The van der Waals surface area contributed by atoms with Crippen molar-refractivity contribution in [3.63, 3.8) is 0 Å². The second kappa shape index (κ2) is 11.6. The highest BCUT2D eigenvalue weighted by Gasteiger charge is 2.36. The Bertz CT molecular complexity index is 1620. The summed E-state index contributed by atoms with van der Waals surface area (Å²) in [5, 5.41) is 4.62. The zero-order valence-electron chi connectivity index (χ0n) is 24.1. The Balaban J connectivity index is 1.52. The predicted octanol–water partition coefficient (Wildman–Crippen LogP) is 5.84. The van der Waals surface area contributed by atoms with E-state index in [2.05, 4.69) is 20.3 Å². The van der Waals surface area contributed by atoms with Gasteiger partial charge in [-0.3, -0.25) is 9.69 Å². The van der Waals surface area contributed by atoms with Crippen LogP contribution < -0.4 is 16.0 Å². The van der Waals surface area contributed by atoms with Crippen LogP contribution in [0.15, 0.2) is 61.1 Å². The lowest BCUT2D eigenvalue weighted by Crippen LogP contribution is -2.53. The molecule has 1 saturated heterocycles. The monoisotopic (exact) mass is 571 g/mol. The molecule has 0 spiro atoms. The van der Waals surface area contributed by atoms with E-state index >= 15 is 4.39 Å². The molecule has 2 amide bonds. The van der Waals surface area contributed by atoms with Gasteiger partial charge in [0.1, 0.15) is 17.2 Å². The minimum Gasteiger partial charge on any atom is -0.444 e. The van der Waals surface area contributed by atoms with Crippen LogP contribution in [0.5, 0.6) is 0 Å². The number of benzene rings is 2. The number of carbonyl (C=O) groups excluding carboxylic acids is 2. The molecule has 42 heavy (non-hydrogen) atoms. The zero-order chi connectivity index (χ0) is 30.0. The van der Waals surface area contributed by atoms with Gasteiger partial charge in [0.25, 0.3) is 5.91 Å². The van der Waals surface area contributed by atoms with Gasteiger partial charge in [-0.25, -0.2) is 24.1 Å². The second-order valence-electron chi connectivity index (χ2n) is 11.4. The zero-order valence-corrected chi connectivity index (χ0v) is 24.1. The number of rotatable bonds is 5. The maximum Gasteiger partial charge on any atom is 0.410 e. The van der Waals surface area contributed by atoms with Crippen LogP contribution >= 0.6 is 0 Å². The number of amides is 2. The summed E-state index contributed by atoms with van der Waals surface area (Å²) < 4.78 is 21.3. The van der Waals surface area contributed by atoms with Crippen LogP contribution in [-0.2, 0) is 4.74 Å². The quantitative estimate of drug-likeness (QED) is 0.306. The van der Waals surface area contributed by atoms with E-state index in [9.17, 15) is 9.59 Å². The van der Waals surface area contributed by atoms with Gasteiger partial charge in [-0.1, -0.05) is 18.2 Å². The molecular weight excluding hydrogens is 537 g/mol. The molecular formula is C31H34FN7O3. The highest BCUT2D eigenvalue weighted by Crippen LogP contribution is 2.33. The number of pyridine rings is 1. The van der Waals surface area contributed by atoms with E-state index < -0.39 is 29.5 Å². The first-order valence-electron chi connectivity index (χ1n) is 13.8. The summed E-state index contributed by atoms with van der Waals surface area (Å²) in [4.78, 5) is 43.2. The molecule has 1 aliphatic heterocycles. The van der Waals surface area contributed by atoms with E-state index in [1.807, 2.05) is 52.0 Å². The van der Waals surface area contributed by atoms with Crippen LogP contribution in [0.2, 0.25) is 0 Å². The van der Waals surface area contributed by atoms with Crippen molar-refractivity contribution in [2.75, 3.05) is 29.0 Å². The van der Waals surface area contributed by atoms with Crippen molar-refractivity contribution in [3.8, 4) is 0 Å². The lowest BCUT2D eigenvalue weighted by atomic mass is 10.00. The number of fused-ring (bicyclic) bond motifs is 1. The number of aryl methyl sites for hydroxylation is 1. The Kier molecular flexibility index (Phi) is 7.93. The number of hydrogen-bond acceptors (Lipinski definition) is 8. The molecule has 0 radical (unpaired) electrons. The van der Waals surface area contributed by atoms with Gasteiger partial charge in [0.2, 0.25) is 5.95 Å². The normalized spacial score (nSPS) is 15.4. The molecule has 0 saturated carbocycles. The Morgan fingerprint density at radius 2 is 1.88 bits per heavy atom. The van der Waals surface area contributed by atoms with Gasteiger partial charge >= 0.3 is 6.09 Å². The molecule has 1 aliphatic rings. The van der Waals surface area contributed by atoms with Crippen LogP contribution in [0.4, 0.5) is 32.3 Å². The molecule has 2 aromatic carbocycles. The number of anilines is 4. The molecule has 0 unspecified atom stereocenters. The Morgan fingerprint density at radius 1 is 1.12 bits per heavy atom. The van der Waals surface area contributed by atoms with Crippen molar-refractivity contribution in [1.82, 2.24) is 19.9 Å². The number of nitrogen functional groups attached to an aromatic ring is 1. The standard InChI is InChI=1S/C31H34FN7O3/c1-19-7-5-8-20-12-13-34-27(26(19)20)39(23-9-6-14-38(18-23)30(41)42-31(2,3)4)28(40)24-11-10-22(15-25(24)32)37-29-35-16-21(33)17-36-29/h5,7-8,10-13,15-17,23H,6,9,14,18,33H2,1-4H3,(H,35,36,37)/t23-/m1/s1. The van der Waals surface area contributed by atoms with Gasteiger partial charge in [-0.05, 0) is 75.8 Å². The molecule has 11 heteroatoms. The summed E-state index contributed by atoms with van der Waals surface area (Å²) in [6.45, 7) is 8.10. The fourth-order valence-corrected chi connectivity index (χ4v) is 5.09. The van der Waals surface area contributed by atoms with Crippen molar-refractivity contribution in [3.05, 3.63) is 78.0 Å². The topological polar surface area (TPSA) is 127 Å². The first-order valence-corrected chi connectivity index (χ1v) is 13.8. The number of aromatic nitrogens is 3. The van der Waals surface area contributed by atoms with Crippen LogP contribution in [0.25, 0.3) is 10.8 Å². The third kappa shape index (κ3) is 6.24. The molecule has 4 aromatic rings. The molecule has 5 rings (SSSR count). The number of ether oxygens (including phenoxy) is 1. The van der Waals surface area contributed by atoms with Crippen molar-refractivity contribution < 1.29 is 18.7 Å². The molecule has 3 N–H and O–H groups in total. The van der Waals surface area contributed by atoms with Crippen LogP contribution in [-0.4, -0.2) is 56.6 Å². The van der Waals surface area contributed by atoms with E-state index in [4.69, 9.17) is 10.5 Å². The maximum atomic E-state index is 15.6. The minimum absolute atomic E-state index is 0.124. The third-order valence-electron chi connectivity index (χ3n) is 6.97. The fraction of sp³-hybridized carbons (Fsp3) is 0.323. The second-order valence-corrected chi connectivity index (χ2v) is 11.4. The summed E-state index contributed by atoms with van der Waals surface area (Å²) >= 11 is 0. The number of halogens is 1. The van der Waals surface area contributed by atoms with E-state index in [-0.39, 0.29) is 18.1 Å². The SMILES string of the molecule is Cc1cccc2ccnc(N(C(=O)c3ccc(Nc4ncc(N)cn4)cc3F)[C@@H]3CCCN(C(=O)OC(C)(C)C)C3)c12.